The largest absolute Gasteiger partial charge is 0.493 e. The van der Waals surface area contributed by atoms with Crippen molar-refractivity contribution in [1.82, 2.24) is 25.0 Å². The molecule has 9 nitrogen and oxygen atoms in total. The summed E-state index contributed by atoms with van der Waals surface area (Å²) in [5.74, 6) is 1.76. The average Bonchev–Trinajstić information content (AvgIpc) is 3.30. The second kappa shape index (κ2) is 11.7. The zero-order valence-electron chi connectivity index (χ0n) is 23.2. The number of benzene rings is 2. The number of ether oxygens (including phenoxy) is 2. The van der Waals surface area contributed by atoms with Crippen molar-refractivity contribution < 1.29 is 14.3 Å². The number of rotatable bonds is 7. The SMILES string of the molecule is Cc1c(CCOc2ccc3ccccc3c2-c2ccnc(N3CCNCC3)c2)c(C(=O)N2CCOCC2)nn1C. The number of nitrogens with zero attached hydrogens (tertiary/aromatic N) is 5. The Bertz CT molecular complexity index is 1500. The fraction of sp³-hybridized carbons (Fsp3) is 0.387. The molecule has 2 saturated heterocycles. The van der Waals surface area contributed by atoms with E-state index in [4.69, 9.17) is 9.47 Å². The Morgan fingerprint density at radius 2 is 1.85 bits per heavy atom. The molecule has 0 unspecified atom stereocenters. The monoisotopic (exact) mass is 540 g/mol. The number of nitrogens with one attached hydrogen (secondary N) is 1. The molecule has 2 aromatic heterocycles. The van der Waals surface area contributed by atoms with Crippen molar-refractivity contribution in [3.8, 4) is 16.9 Å². The number of amides is 1. The minimum atomic E-state index is -0.0365. The third-order valence-corrected chi connectivity index (χ3v) is 7.93. The standard InChI is InChI=1S/C31H36N6O3/c1-22-25(30(34-35(22)2)31(38)37-16-19-39-20-17-37)10-18-40-27-8-7-23-5-3-4-6-26(23)29(27)24-9-11-33-28(21-24)36-14-12-32-13-15-36/h3-9,11,21,32H,10,12-20H2,1-2H3. The van der Waals surface area contributed by atoms with E-state index >= 15 is 0 Å². The molecule has 0 spiro atoms. The molecule has 0 radical (unpaired) electrons. The number of piperazine rings is 1. The van der Waals surface area contributed by atoms with Gasteiger partial charge in [0, 0.05) is 75.8 Å². The highest BCUT2D eigenvalue weighted by molar-refractivity contribution is 6.00. The molecule has 0 aliphatic carbocycles. The Balaban J connectivity index is 1.28. The molecule has 4 heterocycles. The van der Waals surface area contributed by atoms with Crippen LogP contribution in [0, 0.1) is 6.92 Å². The van der Waals surface area contributed by atoms with Crippen molar-refractivity contribution in [2.45, 2.75) is 13.3 Å². The maximum atomic E-state index is 13.3. The molecule has 2 fully saturated rings. The minimum absolute atomic E-state index is 0.0365. The Morgan fingerprint density at radius 3 is 2.67 bits per heavy atom. The van der Waals surface area contributed by atoms with Crippen LogP contribution in [0.2, 0.25) is 0 Å². The second-order valence-electron chi connectivity index (χ2n) is 10.3. The fourth-order valence-corrected chi connectivity index (χ4v) is 5.61. The Labute approximate surface area is 234 Å². The van der Waals surface area contributed by atoms with Crippen LogP contribution >= 0.6 is 0 Å². The van der Waals surface area contributed by atoms with Gasteiger partial charge in [-0.1, -0.05) is 30.3 Å². The molecule has 2 aliphatic heterocycles. The van der Waals surface area contributed by atoms with Gasteiger partial charge in [-0.05, 0) is 41.5 Å². The number of morpholine rings is 1. The van der Waals surface area contributed by atoms with Crippen LogP contribution in [0.4, 0.5) is 5.82 Å². The van der Waals surface area contributed by atoms with Gasteiger partial charge in [-0.3, -0.25) is 9.48 Å². The smallest absolute Gasteiger partial charge is 0.274 e. The van der Waals surface area contributed by atoms with Gasteiger partial charge in [-0.25, -0.2) is 4.98 Å². The van der Waals surface area contributed by atoms with E-state index in [9.17, 15) is 4.79 Å². The van der Waals surface area contributed by atoms with Crippen LogP contribution < -0.4 is 15.0 Å². The number of anilines is 1. The van der Waals surface area contributed by atoms with Gasteiger partial charge in [0.25, 0.3) is 5.91 Å². The van der Waals surface area contributed by atoms with E-state index in [2.05, 4.69) is 68.8 Å². The molecule has 6 rings (SSSR count). The molecule has 0 atom stereocenters. The molecular formula is C31H36N6O3. The maximum Gasteiger partial charge on any atom is 0.274 e. The van der Waals surface area contributed by atoms with Crippen LogP contribution in [-0.2, 0) is 18.2 Å². The highest BCUT2D eigenvalue weighted by Crippen LogP contribution is 2.38. The lowest BCUT2D eigenvalue weighted by molar-refractivity contribution is 0.0297. The summed E-state index contributed by atoms with van der Waals surface area (Å²) >= 11 is 0. The third-order valence-electron chi connectivity index (χ3n) is 7.93. The zero-order valence-corrected chi connectivity index (χ0v) is 23.2. The Morgan fingerprint density at radius 1 is 1.05 bits per heavy atom. The molecule has 0 bridgehead atoms. The molecule has 9 heteroatoms. The maximum absolute atomic E-state index is 13.3. The quantitative estimate of drug-likeness (QED) is 0.384. The predicted molar refractivity (Wildman–Crippen MR) is 156 cm³/mol. The van der Waals surface area contributed by atoms with Crippen molar-refractivity contribution in [3.05, 3.63) is 71.7 Å². The summed E-state index contributed by atoms with van der Waals surface area (Å²) in [6.07, 6.45) is 2.47. The number of carbonyl (C=O) groups excluding carboxylic acids is 1. The van der Waals surface area contributed by atoms with Gasteiger partial charge in [-0.2, -0.15) is 5.10 Å². The van der Waals surface area contributed by atoms with E-state index in [1.807, 2.05) is 25.1 Å². The summed E-state index contributed by atoms with van der Waals surface area (Å²) in [5.41, 5.74) is 4.57. The van der Waals surface area contributed by atoms with Gasteiger partial charge in [0.1, 0.15) is 11.6 Å². The molecule has 1 N–H and O–H groups in total. The van der Waals surface area contributed by atoms with Gasteiger partial charge in [0.15, 0.2) is 5.69 Å². The van der Waals surface area contributed by atoms with Crippen molar-refractivity contribution in [3.63, 3.8) is 0 Å². The van der Waals surface area contributed by atoms with E-state index in [0.717, 1.165) is 70.9 Å². The van der Waals surface area contributed by atoms with E-state index in [1.165, 1.54) is 0 Å². The number of carbonyl (C=O) groups is 1. The first-order valence-corrected chi connectivity index (χ1v) is 14.1. The minimum Gasteiger partial charge on any atom is -0.493 e. The lowest BCUT2D eigenvalue weighted by Crippen LogP contribution is -2.43. The van der Waals surface area contributed by atoms with Crippen molar-refractivity contribution in [1.29, 1.82) is 0 Å². The van der Waals surface area contributed by atoms with Crippen LogP contribution in [-0.4, -0.2) is 84.7 Å². The summed E-state index contributed by atoms with van der Waals surface area (Å²) in [4.78, 5) is 22.1. The molecule has 2 aliphatic rings. The highest BCUT2D eigenvalue weighted by atomic mass is 16.5. The second-order valence-corrected chi connectivity index (χ2v) is 10.3. The van der Waals surface area contributed by atoms with Gasteiger partial charge in [-0.15, -0.1) is 0 Å². The van der Waals surface area contributed by atoms with Gasteiger partial charge >= 0.3 is 0 Å². The van der Waals surface area contributed by atoms with Crippen LogP contribution in [0.3, 0.4) is 0 Å². The first-order chi connectivity index (χ1) is 19.6. The number of aryl methyl sites for hydroxylation is 1. The van der Waals surface area contributed by atoms with E-state index in [1.54, 1.807) is 4.68 Å². The topological polar surface area (TPSA) is 84.8 Å². The van der Waals surface area contributed by atoms with Crippen molar-refractivity contribution in [2.75, 3.05) is 64.0 Å². The number of pyridine rings is 1. The molecule has 208 valence electrons. The van der Waals surface area contributed by atoms with Crippen LogP contribution in [0.15, 0.2) is 54.7 Å². The van der Waals surface area contributed by atoms with E-state index < -0.39 is 0 Å². The van der Waals surface area contributed by atoms with Crippen molar-refractivity contribution >= 4 is 22.5 Å². The number of fused-ring (bicyclic) bond motifs is 1. The summed E-state index contributed by atoms with van der Waals surface area (Å²) in [6, 6.07) is 16.8. The lowest BCUT2D eigenvalue weighted by Gasteiger charge is -2.28. The summed E-state index contributed by atoms with van der Waals surface area (Å²) in [5, 5.41) is 10.3. The first-order valence-electron chi connectivity index (χ1n) is 14.1. The van der Waals surface area contributed by atoms with Crippen LogP contribution in [0.25, 0.3) is 21.9 Å². The third kappa shape index (κ3) is 5.26. The molecule has 1 amide bonds. The molecule has 4 aromatic rings. The molecule has 40 heavy (non-hydrogen) atoms. The summed E-state index contributed by atoms with van der Waals surface area (Å²) < 4.78 is 13.7. The van der Waals surface area contributed by atoms with Gasteiger partial charge in [0.2, 0.25) is 0 Å². The summed E-state index contributed by atoms with van der Waals surface area (Å²) in [6.45, 7) is 8.52. The number of hydrogen-bond donors (Lipinski definition) is 1. The summed E-state index contributed by atoms with van der Waals surface area (Å²) in [7, 11) is 1.89. The number of aromatic nitrogens is 3. The molecular weight excluding hydrogens is 504 g/mol. The van der Waals surface area contributed by atoms with E-state index in [0.29, 0.717) is 45.0 Å². The first kappa shape index (κ1) is 26.3. The predicted octanol–water partition coefficient (Wildman–Crippen LogP) is 3.45. The van der Waals surface area contributed by atoms with Gasteiger partial charge < -0.3 is 24.6 Å². The normalized spacial score (nSPS) is 15.9. The van der Waals surface area contributed by atoms with Crippen LogP contribution in [0.1, 0.15) is 21.7 Å². The average molecular weight is 541 g/mol. The number of hydrogen-bond acceptors (Lipinski definition) is 7. The fourth-order valence-electron chi connectivity index (χ4n) is 5.61. The molecule has 0 saturated carbocycles. The lowest BCUT2D eigenvalue weighted by atomic mass is 9.97. The zero-order chi connectivity index (χ0) is 27.5. The van der Waals surface area contributed by atoms with Crippen molar-refractivity contribution in [2.24, 2.45) is 7.05 Å². The van der Waals surface area contributed by atoms with Gasteiger partial charge in [0.05, 0.1) is 19.8 Å². The Kier molecular flexibility index (Phi) is 7.66. The van der Waals surface area contributed by atoms with E-state index in [-0.39, 0.29) is 5.91 Å². The van der Waals surface area contributed by atoms with Crippen LogP contribution in [0.5, 0.6) is 5.75 Å². The highest BCUT2D eigenvalue weighted by Gasteiger charge is 2.26. The molecule has 2 aromatic carbocycles. The Hall–Kier alpha value is -3.95.